The number of hydrogen-bond donors (Lipinski definition) is 1. The molecule has 2 heterocycles. The highest BCUT2D eigenvalue weighted by Gasteiger charge is 2.30. The van der Waals surface area contributed by atoms with Crippen LogP contribution in [-0.2, 0) is 14.8 Å². The van der Waals surface area contributed by atoms with Gasteiger partial charge in [-0.2, -0.15) is 4.31 Å². The number of amides is 2. The van der Waals surface area contributed by atoms with Crippen molar-refractivity contribution >= 4 is 56.4 Å². The van der Waals surface area contributed by atoms with E-state index in [1.807, 2.05) is 11.4 Å². The van der Waals surface area contributed by atoms with Crippen LogP contribution in [0.4, 0.5) is 0 Å². The van der Waals surface area contributed by atoms with Gasteiger partial charge in [-0.15, -0.1) is 11.3 Å². The summed E-state index contributed by atoms with van der Waals surface area (Å²) in [5.41, 5.74) is 0. The first-order valence-corrected chi connectivity index (χ1v) is 12.4. The number of hydrogen-bond acceptors (Lipinski definition) is 5. The molecule has 0 saturated carbocycles. The third kappa shape index (κ3) is 5.53. The average Bonchev–Trinajstić information content (AvgIpc) is 3.28. The third-order valence-electron chi connectivity index (χ3n) is 4.72. The van der Waals surface area contributed by atoms with Crippen LogP contribution in [-0.4, -0.2) is 62.2 Å². The molecule has 11 heteroatoms. The van der Waals surface area contributed by atoms with Crippen molar-refractivity contribution in [3.63, 3.8) is 0 Å². The van der Waals surface area contributed by atoms with Crippen LogP contribution < -0.4 is 5.32 Å². The molecular formula is C19H21Cl2N3O4S2. The minimum absolute atomic E-state index is 0.0491. The van der Waals surface area contributed by atoms with Crippen LogP contribution in [0.5, 0.6) is 0 Å². The number of piperazine rings is 1. The minimum Gasteiger partial charge on any atom is -0.351 e. The molecule has 1 aromatic carbocycles. The van der Waals surface area contributed by atoms with Crippen molar-refractivity contribution in [3.05, 3.63) is 50.6 Å². The first-order valence-electron chi connectivity index (χ1n) is 9.34. The monoisotopic (exact) mass is 489 g/mol. The average molecular weight is 490 g/mol. The summed E-state index contributed by atoms with van der Waals surface area (Å²) in [5, 5.41) is 5.09. The van der Waals surface area contributed by atoms with Gasteiger partial charge in [0.2, 0.25) is 15.9 Å². The molecule has 7 nitrogen and oxygen atoms in total. The summed E-state index contributed by atoms with van der Waals surface area (Å²) in [6.07, 6.45) is 0.821. The molecule has 0 bridgehead atoms. The minimum atomic E-state index is -3.70. The van der Waals surface area contributed by atoms with Gasteiger partial charge in [0.15, 0.2) is 0 Å². The fraction of sp³-hybridized carbons (Fsp3) is 0.368. The molecule has 0 atom stereocenters. The van der Waals surface area contributed by atoms with Gasteiger partial charge in [-0.3, -0.25) is 9.59 Å². The molecule has 1 fully saturated rings. The first-order chi connectivity index (χ1) is 14.3. The highest BCUT2D eigenvalue weighted by Crippen LogP contribution is 2.27. The van der Waals surface area contributed by atoms with Crippen LogP contribution in [0.1, 0.15) is 22.5 Å². The zero-order valence-corrected chi connectivity index (χ0v) is 19.2. The zero-order chi connectivity index (χ0) is 21.7. The van der Waals surface area contributed by atoms with Gasteiger partial charge < -0.3 is 10.2 Å². The molecule has 1 N–H and O–H groups in total. The third-order valence-corrected chi connectivity index (χ3v) is 8.22. The van der Waals surface area contributed by atoms with Gasteiger partial charge in [0.25, 0.3) is 5.91 Å². The summed E-state index contributed by atoms with van der Waals surface area (Å²) in [6, 6.07) is 7.77. The summed E-state index contributed by atoms with van der Waals surface area (Å²) in [4.78, 5) is 26.6. The van der Waals surface area contributed by atoms with E-state index in [1.165, 1.54) is 33.8 Å². The molecule has 0 radical (unpaired) electrons. The van der Waals surface area contributed by atoms with Crippen molar-refractivity contribution in [1.29, 1.82) is 0 Å². The van der Waals surface area contributed by atoms with Crippen LogP contribution in [0.15, 0.2) is 40.6 Å². The molecule has 1 aliphatic rings. The van der Waals surface area contributed by atoms with Crippen molar-refractivity contribution in [3.8, 4) is 0 Å². The molecule has 2 aromatic rings. The Morgan fingerprint density at radius 3 is 2.43 bits per heavy atom. The molecule has 0 spiro atoms. The molecule has 1 saturated heterocycles. The fourth-order valence-electron chi connectivity index (χ4n) is 3.06. The summed E-state index contributed by atoms with van der Waals surface area (Å²) in [7, 11) is -3.70. The van der Waals surface area contributed by atoms with Gasteiger partial charge in [0.1, 0.15) is 0 Å². The molecule has 1 aliphatic heterocycles. The van der Waals surface area contributed by atoms with E-state index in [9.17, 15) is 18.0 Å². The highest BCUT2D eigenvalue weighted by atomic mass is 35.5. The van der Waals surface area contributed by atoms with Crippen LogP contribution in [0, 0.1) is 0 Å². The van der Waals surface area contributed by atoms with Crippen molar-refractivity contribution < 1.29 is 18.0 Å². The first kappa shape index (κ1) is 23.0. The number of rotatable bonds is 7. The summed E-state index contributed by atoms with van der Waals surface area (Å²) >= 11 is 13.2. The number of carbonyl (C=O) groups is 2. The van der Waals surface area contributed by atoms with Crippen LogP contribution in [0.25, 0.3) is 0 Å². The molecular weight excluding hydrogens is 469 g/mol. The van der Waals surface area contributed by atoms with Gasteiger partial charge in [0.05, 0.1) is 19.8 Å². The van der Waals surface area contributed by atoms with Crippen molar-refractivity contribution in [2.75, 3.05) is 32.7 Å². The van der Waals surface area contributed by atoms with Crippen molar-refractivity contribution in [2.45, 2.75) is 17.7 Å². The lowest BCUT2D eigenvalue weighted by molar-refractivity contribution is -0.132. The van der Waals surface area contributed by atoms with Crippen molar-refractivity contribution in [1.82, 2.24) is 14.5 Å². The summed E-state index contributed by atoms with van der Waals surface area (Å²) < 4.78 is 26.9. The number of nitrogens with one attached hydrogen (secondary N) is 1. The second-order valence-corrected chi connectivity index (χ2v) is 10.4. The number of halogens is 2. The molecule has 162 valence electrons. The Labute approximate surface area is 189 Å². The lowest BCUT2D eigenvalue weighted by Gasteiger charge is -2.34. The fourth-order valence-corrected chi connectivity index (χ4v) is 5.51. The largest absolute Gasteiger partial charge is 0.351 e. The molecule has 3 rings (SSSR count). The number of thiophene rings is 1. The van der Waals surface area contributed by atoms with E-state index in [0.717, 1.165) is 0 Å². The quantitative estimate of drug-likeness (QED) is 0.605. The second-order valence-electron chi connectivity index (χ2n) is 6.70. The zero-order valence-electron chi connectivity index (χ0n) is 16.0. The normalized spacial score (nSPS) is 15.2. The number of nitrogens with zero attached hydrogens (tertiary/aromatic N) is 2. The van der Waals surface area contributed by atoms with Gasteiger partial charge in [-0.05, 0) is 36.1 Å². The highest BCUT2D eigenvalue weighted by molar-refractivity contribution is 7.89. The van der Waals surface area contributed by atoms with Crippen LogP contribution in [0.3, 0.4) is 0 Å². The molecule has 30 heavy (non-hydrogen) atoms. The van der Waals surface area contributed by atoms with E-state index in [-0.39, 0.29) is 39.8 Å². The van der Waals surface area contributed by atoms with E-state index >= 15 is 0 Å². The Hall–Kier alpha value is -1.65. The van der Waals surface area contributed by atoms with E-state index < -0.39 is 10.0 Å². The smallest absolute Gasteiger partial charge is 0.261 e. The van der Waals surface area contributed by atoms with E-state index in [1.54, 1.807) is 11.0 Å². The number of benzene rings is 1. The van der Waals surface area contributed by atoms with Crippen LogP contribution >= 0.6 is 34.5 Å². The Morgan fingerprint density at radius 1 is 1.07 bits per heavy atom. The molecule has 2 amide bonds. The lowest BCUT2D eigenvalue weighted by Crippen LogP contribution is -2.50. The lowest BCUT2D eigenvalue weighted by atomic mass is 10.2. The van der Waals surface area contributed by atoms with Gasteiger partial charge >= 0.3 is 0 Å². The number of sulfonamides is 1. The van der Waals surface area contributed by atoms with Gasteiger partial charge in [0, 0.05) is 39.1 Å². The number of carbonyl (C=O) groups excluding carboxylic acids is 2. The Morgan fingerprint density at radius 2 is 1.80 bits per heavy atom. The Balaban J connectivity index is 1.44. The van der Waals surface area contributed by atoms with E-state index in [0.29, 0.717) is 37.4 Å². The maximum atomic E-state index is 12.8. The summed E-state index contributed by atoms with van der Waals surface area (Å²) in [5.74, 6) is -0.189. The topological polar surface area (TPSA) is 86.8 Å². The SMILES string of the molecule is O=C(NCCCC(=O)N1CCN(S(=O)(=O)c2ccc(Cl)c(Cl)c2)CC1)c1cccs1. The Bertz CT molecular complexity index is 1000. The van der Waals surface area contributed by atoms with E-state index in [4.69, 9.17) is 23.2 Å². The second kappa shape index (κ2) is 10.1. The predicted octanol–water partition coefficient (Wildman–Crippen LogP) is 3.10. The summed E-state index contributed by atoms with van der Waals surface area (Å²) in [6.45, 7) is 1.48. The Kier molecular flexibility index (Phi) is 7.75. The van der Waals surface area contributed by atoms with Crippen molar-refractivity contribution in [2.24, 2.45) is 0 Å². The van der Waals surface area contributed by atoms with Gasteiger partial charge in [-0.1, -0.05) is 29.3 Å². The maximum absolute atomic E-state index is 12.8. The maximum Gasteiger partial charge on any atom is 0.261 e. The van der Waals surface area contributed by atoms with Gasteiger partial charge in [-0.25, -0.2) is 8.42 Å². The molecule has 0 aliphatic carbocycles. The molecule has 1 aromatic heterocycles. The molecule has 0 unspecified atom stereocenters. The predicted molar refractivity (Wildman–Crippen MR) is 118 cm³/mol. The van der Waals surface area contributed by atoms with Crippen LogP contribution in [0.2, 0.25) is 10.0 Å². The standard InChI is InChI=1S/C19H21Cl2N3O4S2/c20-15-6-5-14(13-16(15)21)30(27,28)24-10-8-23(9-11-24)18(25)4-1-7-22-19(26)17-3-2-12-29-17/h2-3,5-6,12-13H,1,4,7-11H2,(H,22,26). The van der Waals surface area contributed by atoms with E-state index in [2.05, 4.69) is 5.32 Å².